The fourth-order valence-electron chi connectivity index (χ4n) is 3.14. The van der Waals surface area contributed by atoms with Gasteiger partial charge in [0.25, 0.3) is 0 Å². The number of phenols is 1. The fraction of sp³-hybridized carbons (Fsp3) is 0.625. The van der Waals surface area contributed by atoms with Gasteiger partial charge in [-0.25, -0.2) is 4.39 Å². The molecule has 7 heteroatoms. The first-order chi connectivity index (χ1) is 10.2. The minimum atomic E-state index is -0.351. The van der Waals surface area contributed by atoms with Gasteiger partial charge in [0.15, 0.2) is 11.5 Å². The number of phenolic OH excluding ortho intramolecular Hbond substituents is 1. The van der Waals surface area contributed by atoms with Crippen LogP contribution < -0.4 is 10.1 Å². The fourth-order valence-corrected chi connectivity index (χ4v) is 3.14. The van der Waals surface area contributed by atoms with Gasteiger partial charge >= 0.3 is 0 Å². The number of rotatable bonds is 5. The van der Waals surface area contributed by atoms with Gasteiger partial charge in [0, 0.05) is 43.9 Å². The molecule has 0 bridgehead atoms. The standard InChI is InChI=1S/C16H23FN2O2.2ClH/c1-21-15-10-12(17)9-13(16(15)20)14(8-11-2-3-11)19-6-4-18-5-7-19;;/h9-11,14,18,20H,2-8H2,1H3;2*1H/t14-;;/m0../s1. The van der Waals surface area contributed by atoms with Crippen LogP contribution in [0.1, 0.15) is 30.9 Å². The van der Waals surface area contributed by atoms with Gasteiger partial charge in [0.05, 0.1) is 7.11 Å². The molecule has 1 saturated heterocycles. The summed E-state index contributed by atoms with van der Waals surface area (Å²) in [6.07, 6.45) is 3.48. The van der Waals surface area contributed by atoms with E-state index >= 15 is 0 Å². The summed E-state index contributed by atoms with van der Waals surface area (Å²) < 4.78 is 19.0. The number of nitrogens with one attached hydrogen (secondary N) is 1. The van der Waals surface area contributed by atoms with Crippen LogP contribution in [0, 0.1) is 11.7 Å². The lowest BCUT2D eigenvalue weighted by Gasteiger charge is -2.35. The van der Waals surface area contributed by atoms with Crippen LogP contribution in [0.25, 0.3) is 0 Å². The van der Waals surface area contributed by atoms with Crippen LogP contribution in [0.5, 0.6) is 11.5 Å². The zero-order chi connectivity index (χ0) is 14.8. The Balaban J connectivity index is 0.00000132. The first-order valence-corrected chi connectivity index (χ1v) is 7.70. The summed E-state index contributed by atoms with van der Waals surface area (Å²) in [6.45, 7) is 3.73. The van der Waals surface area contributed by atoms with E-state index in [4.69, 9.17) is 4.74 Å². The van der Waals surface area contributed by atoms with E-state index in [2.05, 4.69) is 10.2 Å². The van der Waals surface area contributed by atoms with Crippen LogP contribution >= 0.6 is 24.8 Å². The topological polar surface area (TPSA) is 44.7 Å². The summed E-state index contributed by atoms with van der Waals surface area (Å²) in [5.74, 6) is 0.665. The van der Waals surface area contributed by atoms with Crippen LogP contribution in [0.2, 0.25) is 0 Å². The van der Waals surface area contributed by atoms with Crippen molar-refractivity contribution in [3.8, 4) is 11.5 Å². The van der Waals surface area contributed by atoms with E-state index in [1.165, 1.54) is 32.1 Å². The van der Waals surface area contributed by atoms with Gasteiger partial charge < -0.3 is 15.2 Å². The molecule has 0 aromatic heterocycles. The van der Waals surface area contributed by atoms with Crippen LogP contribution in [-0.2, 0) is 0 Å². The number of halogens is 3. The summed E-state index contributed by atoms with van der Waals surface area (Å²) in [6, 6.07) is 2.78. The summed E-state index contributed by atoms with van der Waals surface area (Å²) in [5.41, 5.74) is 0.667. The van der Waals surface area contributed by atoms with Gasteiger partial charge in [-0.3, -0.25) is 4.90 Å². The largest absolute Gasteiger partial charge is 0.504 e. The van der Waals surface area contributed by atoms with Gasteiger partial charge in [0.1, 0.15) is 5.82 Å². The summed E-state index contributed by atoms with van der Waals surface area (Å²) >= 11 is 0. The molecule has 1 aromatic carbocycles. The van der Waals surface area contributed by atoms with Crippen LogP contribution in [0.3, 0.4) is 0 Å². The quantitative estimate of drug-likeness (QED) is 0.840. The maximum Gasteiger partial charge on any atom is 0.163 e. The third-order valence-corrected chi connectivity index (χ3v) is 4.49. The van der Waals surface area contributed by atoms with Crippen molar-refractivity contribution in [1.29, 1.82) is 0 Å². The molecule has 3 rings (SSSR count). The van der Waals surface area contributed by atoms with Crippen LogP contribution in [-0.4, -0.2) is 43.3 Å². The maximum atomic E-state index is 13.9. The molecule has 2 N–H and O–H groups in total. The lowest BCUT2D eigenvalue weighted by Crippen LogP contribution is -2.45. The Morgan fingerprint density at radius 3 is 2.52 bits per heavy atom. The van der Waals surface area contributed by atoms with Crippen LogP contribution in [0.4, 0.5) is 4.39 Å². The summed E-state index contributed by atoms with van der Waals surface area (Å²) in [4.78, 5) is 2.35. The monoisotopic (exact) mass is 366 g/mol. The number of hydrogen-bond donors (Lipinski definition) is 2. The summed E-state index contributed by atoms with van der Waals surface area (Å²) in [7, 11) is 1.46. The van der Waals surface area contributed by atoms with Crippen molar-refractivity contribution < 1.29 is 14.2 Å². The first-order valence-electron chi connectivity index (χ1n) is 7.70. The van der Waals surface area contributed by atoms with Gasteiger partial charge in [-0.2, -0.15) is 0 Å². The molecule has 1 heterocycles. The molecule has 1 aromatic rings. The second-order valence-electron chi connectivity index (χ2n) is 6.03. The third-order valence-electron chi connectivity index (χ3n) is 4.49. The second-order valence-corrected chi connectivity index (χ2v) is 6.03. The number of piperazine rings is 1. The van der Waals surface area contributed by atoms with E-state index in [1.807, 2.05) is 0 Å². The van der Waals surface area contributed by atoms with E-state index < -0.39 is 0 Å². The lowest BCUT2D eigenvalue weighted by atomic mass is 9.97. The molecule has 0 unspecified atom stereocenters. The number of methoxy groups -OCH3 is 1. The molecule has 0 spiro atoms. The minimum Gasteiger partial charge on any atom is -0.504 e. The van der Waals surface area contributed by atoms with Crippen molar-refractivity contribution >= 4 is 24.8 Å². The lowest BCUT2D eigenvalue weighted by molar-refractivity contribution is 0.157. The first kappa shape index (κ1) is 20.3. The van der Waals surface area contributed by atoms with E-state index in [-0.39, 0.29) is 48.2 Å². The molecule has 0 amide bonds. The average molecular weight is 367 g/mol. The van der Waals surface area contributed by atoms with Crippen LogP contribution in [0.15, 0.2) is 12.1 Å². The van der Waals surface area contributed by atoms with Crippen molar-refractivity contribution in [2.45, 2.75) is 25.3 Å². The van der Waals surface area contributed by atoms with Gasteiger partial charge in [-0.15, -0.1) is 24.8 Å². The number of benzene rings is 1. The van der Waals surface area contributed by atoms with E-state index in [0.717, 1.165) is 32.6 Å². The zero-order valence-electron chi connectivity index (χ0n) is 13.3. The van der Waals surface area contributed by atoms with Crippen molar-refractivity contribution in [2.75, 3.05) is 33.3 Å². The third kappa shape index (κ3) is 4.86. The SMILES string of the molecule is COc1cc(F)cc([C@H](CC2CC2)N2CCNCC2)c1O.Cl.Cl. The molecule has 1 aliphatic carbocycles. The van der Waals surface area contributed by atoms with Gasteiger partial charge in [-0.05, 0) is 18.4 Å². The number of ether oxygens (including phenoxy) is 1. The van der Waals surface area contributed by atoms with Crippen molar-refractivity contribution in [3.05, 3.63) is 23.5 Å². The molecule has 132 valence electrons. The average Bonchev–Trinajstić information content (AvgIpc) is 3.32. The molecular weight excluding hydrogens is 342 g/mol. The molecule has 1 atom stereocenters. The second kappa shape index (κ2) is 8.92. The predicted molar refractivity (Wildman–Crippen MR) is 93.6 cm³/mol. The highest BCUT2D eigenvalue weighted by Crippen LogP contribution is 2.44. The van der Waals surface area contributed by atoms with E-state index in [1.54, 1.807) is 0 Å². The molecule has 1 saturated carbocycles. The van der Waals surface area contributed by atoms with E-state index in [0.29, 0.717) is 11.5 Å². The highest BCUT2D eigenvalue weighted by atomic mass is 35.5. The number of nitrogens with zero attached hydrogens (tertiary/aromatic N) is 1. The zero-order valence-corrected chi connectivity index (χ0v) is 14.9. The Kier molecular flexibility index (Phi) is 7.87. The van der Waals surface area contributed by atoms with Gasteiger partial charge in [-0.1, -0.05) is 12.8 Å². The van der Waals surface area contributed by atoms with Crippen molar-refractivity contribution in [1.82, 2.24) is 10.2 Å². The smallest absolute Gasteiger partial charge is 0.163 e. The molecule has 4 nitrogen and oxygen atoms in total. The van der Waals surface area contributed by atoms with Gasteiger partial charge in [0.2, 0.25) is 0 Å². The Morgan fingerprint density at radius 1 is 1.30 bits per heavy atom. The highest BCUT2D eigenvalue weighted by Gasteiger charge is 2.32. The molecular formula is C16H25Cl2FN2O2. The molecule has 1 aliphatic heterocycles. The maximum absolute atomic E-state index is 13.9. The molecule has 2 aliphatic rings. The number of hydrogen-bond acceptors (Lipinski definition) is 4. The van der Waals surface area contributed by atoms with Crippen molar-refractivity contribution in [2.24, 2.45) is 5.92 Å². The number of aromatic hydroxyl groups is 1. The Morgan fingerprint density at radius 2 is 1.96 bits per heavy atom. The molecule has 2 fully saturated rings. The van der Waals surface area contributed by atoms with E-state index in [9.17, 15) is 9.50 Å². The van der Waals surface area contributed by atoms with Crippen molar-refractivity contribution in [3.63, 3.8) is 0 Å². The Labute approximate surface area is 149 Å². The minimum absolute atomic E-state index is 0. The summed E-state index contributed by atoms with van der Waals surface area (Å²) in [5, 5.41) is 13.7. The molecule has 23 heavy (non-hydrogen) atoms. The Hall–Kier alpha value is -0.750. The Bertz CT molecular complexity index is 509. The normalized spacial score (nSPS) is 19.4. The molecule has 0 radical (unpaired) electrons. The predicted octanol–water partition coefficient (Wildman–Crippen LogP) is 3.13. The highest BCUT2D eigenvalue weighted by molar-refractivity contribution is 5.85.